The average Bonchev–Trinajstić information content (AvgIpc) is 2.98. The lowest BCUT2D eigenvalue weighted by Crippen LogP contribution is -2.37. The number of anilines is 2. The Hall–Kier alpha value is -3.08. The van der Waals surface area contributed by atoms with Crippen LogP contribution in [0.15, 0.2) is 78.0 Å². The molecule has 37 heavy (non-hydrogen) atoms. The van der Waals surface area contributed by atoms with Gasteiger partial charge in [0.2, 0.25) is 5.91 Å². The quantitative estimate of drug-likeness (QED) is 0.361. The lowest BCUT2D eigenvalue weighted by atomic mass is 9.77. The van der Waals surface area contributed by atoms with Gasteiger partial charge in [0.15, 0.2) is 5.78 Å². The summed E-state index contributed by atoms with van der Waals surface area (Å²) in [4.78, 5) is 28.8. The Morgan fingerprint density at radius 3 is 2.32 bits per heavy atom. The predicted molar refractivity (Wildman–Crippen MR) is 152 cm³/mol. The average molecular weight is 533 g/mol. The molecule has 0 radical (unpaired) electrons. The van der Waals surface area contributed by atoms with Crippen molar-refractivity contribution >= 4 is 46.3 Å². The number of benzene rings is 3. The molecule has 1 aliphatic carbocycles. The number of allylic oxidation sites excluding steroid dienone is 1. The molecule has 0 aromatic heterocycles. The highest BCUT2D eigenvalue weighted by molar-refractivity contribution is 6.35. The molecule has 0 spiro atoms. The fraction of sp³-hybridized carbons (Fsp3) is 0.290. The molecule has 3 aromatic rings. The van der Waals surface area contributed by atoms with Crippen LogP contribution in [0.5, 0.6) is 0 Å². The van der Waals surface area contributed by atoms with Gasteiger partial charge in [-0.3, -0.25) is 14.5 Å². The number of hydrogen-bond donors (Lipinski definition) is 1. The van der Waals surface area contributed by atoms with Gasteiger partial charge in [-0.15, -0.1) is 0 Å². The van der Waals surface area contributed by atoms with E-state index in [0.717, 1.165) is 16.9 Å². The largest absolute Gasteiger partial charge is 0.357 e. The minimum atomic E-state index is -0.662. The molecule has 5 rings (SSSR count). The van der Waals surface area contributed by atoms with E-state index < -0.39 is 6.04 Å². The third-order valence-corrected chi connectivity index (χ3v) is 7.90. The van der Waals surface area contributed by atoms with Crippen LogP contribution in [0.3, 0.4) is 0 Å². The van der Waals surface area contributed by atoms with E-state index >= 15 is 0 Å². The standard InChI is InChI=1S/C31H30Cl2N2O2/c1-18(36)35-27-8-6-5-7-25(27)34-26-15-20(19-9-11-21(12-10-19)31(2,3)4)16-28(37)29(26)30(35)23-14-13-22(32)17-24(23)33/h5-14,17,20,30,34H,15-16H2,1-4H3/t20-,30-/m1/s1. The molecule has 1 heterocycles. The first-order chi connectivity index (χ1) is 17.5. The molecule has 1 N–H and O–H groups in total. The number of carbonyl (C=O) groups excluding carboxylic acids is 2. The minimum absolute atomic E-state index is 0.00807. The van der Waals surface area contributed by atoms with Crippen molar-refractivity contribution in [1.29, 1.82) is 0 Å². The maximum Gasteiger partial charge on any atom is 0.224 e. The zero-order chi connectivity index (χ0) is 26.5. The smallest absolute Gasteiger partial charge is 0.224 e. The number of rotatable bonds is 2. The van der Waals surface area contributed by atoms with Gasteiger partial charge in [-0.05, 0) is 58.7 Å². The van der Waals surface area contributed by atoms with Crippen LogP contribution < -0.4 is 10.2 Å². The highest BCUT2D eigenvalue weighted by Crippen LogP contribution is 2.48. The summed E-state index contributed by atoms with van der Waals surface area (Å²) in [5.41, 5.74) is 6.03. The number of fused-ring (bicyclic) bond motifs is 1. The SMILES string of the molecule is CC(=O)N1c2ccccc2NC2=C(C(=O)C[C@H](c3ccc(C(C)(C)C)cc3)C2)[C@H]1c1ccc(Cl)cc1Cl. The Balaban J connectivity index is 1.65. The third kappa shape index (κ3) is 4.81. The molecule has 0 unspecified atom stereocenters. The van der Waals surface area contributed by atoms with Crippen LogP contribution in [0.1, 0.15) is 69.2 Å². The molecule has 0 saturated heterocycles. The van der Waals surface area contributed by atoms with Gasteiger partial charge in [0.1, 0.15) is 0 Å². The van der Waals surface area contributed by atoms with Crippen LogP contribution in [0, 0.1) is 0 Å². The fourth-order valence-corrected chi connectivity index (χ4v) is 5.96. The van der Waals surface area contributed by atoms with E-state index in [4.69, 9.17) is 23.2 Å². The molecule has 0 saturated carbocycles. The monoisotopic (exact) mass is 532 g/mol. The molecule has 2 atom stereocenters. The van der Waals surface area contributed by atoms with Crippen molar-refractivity contribution in [2.45, 2.75) is 57.9 Å². The predicted octanol–water partition coefficient (Wildman–Crippen LogP) is 8.21. The normalized spacial score (nSPS) is 19.6. The summed E-state index contributed by atoms with van der Waals surface area (Å²) in [6.07, 6.45) is 1.01. The fourth-order valence-electron chi connectivity index (χ4n) is 5.45. The summed E-state index contributed by atoms with van der Waals surface area (Å²) >= 11 is 12.9. The molecule has 0 bridgehead atoms. The van der Waals surface area contributed by atoms with Crippen molar-refractivity contribution in [1.82, 2.24) is 0 Å². The van der Waals surface area contributed by atoms with Gasteiger partial charge in [0.05, 0.1) is 17.4 Å². The molecule has 1 aliphatic heterocycles. The first-order valence-electron chi connectivity index (χ1n) is 12.5. The summed E-state index contributed by atoms with van der Waals surface area (Å²) in [5.74, 6) is -0.134. The van der Waals surface area contributed by atoms with E-state index in [2.05, 4.69) is 50.4 Å². The molecule has 0 fully saturated rings. The molecule has 1 amide bonds. The first kappa shape index (κ1) is 25.6. The summed E-state index contributed by atoms with van der Waals surface area (Å²) < 4.78 is 0. The second kappa shape index (κ2) is 9.66. The number of nitrogens with zero attached hydrogens (tertiary/aromatic N) is 1. The van der Waals surface area contributed by atoms with E-state index in [-0.39, 0.29) is 23.0 Å². The third-order valence-electron chi connectivity index (χ3n) is 7.33. The molecular weight excluding hydrogens is 503 g/mol. The van der Waals surface area contributed by atoms with E-state index in [1.807, 2.05) is 30.3 Å². The number of Topliss-reactive ketones (excluding diaryl/α,β-unsaturated/α-hetero) is 1. The summed E-state index contributed by atoms with van der Waals surface area (Å²) in [6.45, 7) is 8.10. The minimum Gasteiger partial charge on any atom is -0.357 e. The Morgan fingerprint density at radius 1 is 0.973 bits per heavy atom. The molecule has 190 valence electrons. The van der Waals surface area contributed by atoms with Crippen LogP contribution in [0.4, 0.5) is 11.4 Å². The zero-order valence-corrected chi connectivity index (χ0v) is 23.0. The summed E-state index contributed by atoms with van der Waals surface area (Å²) in [5, 5.41) is 4.46. The van der Waals surface area contributed by atoms with Crippen LogP contribution >= 0.6 is 23.2 Å². The molecule has 4 nitrogen and oxygen atoms in total. The number of halogens is 2. The second-order valence-corrected chi connectivity index (χ2v) is 11.7. The van der Waals surface area contributed by atoms with Crippen molar-refractivity contribution < 1.29 is 9.59 Å². The van der Waals surface area contributed by atoms with E-state index in [1.54, 1.807) is 17.0 Å². The lowest BCUT2D eigenvalue weighted by molar-refractivity contribution is -0.117. The van der Waals surface area contributed by atoms with Crippen molar-refractivity contribution in [3.05, 3.63) is 105 Å². The van der Waals surface area contributed by atoms with E-state index in [0.29, 0.717) is 39.7 Å². The van der Waals surface area contributed by atoms with Gasteiger partial charge >= 0.3 is 0 Å². The Labute approximate surface area is 228 Å². The summed E-state index contributed by atoms with van der Waals surface area (Å²) in [6, 6.07) is 20.8. The van der Waals surface area contributed by atoms with Crippen LogP contribution in [-0.4, -0.2) is 11.7 Å². The summed E-state index contributed by atoms with van der Waals surface area (Å²) in [7, 11) is 0. The maximum absolute atomic E-state index is 14.0. The number of amides is 1. The van der Waals surface area contributed by atoms with Gasteiger partial charge in [0, 0.05) is 34.7 Å². The molecule has 2 aliphatic rings. The van der Waals surface area contributed by atoms with Gasteiger partial charge in [0.25, 0.3) is 0 Å². The van der Waals surface area contributed by atoms with E-state index in [9.17, 15) is 9.59 Å². The topological polar surface area (TPSA) is 49.4 Å². The van der Waals surface area contributed by atoms with Gasteiger partial charge in [-0.2, -0.15) is 0 Å². The van der Waals surface area contributed by atoms with Crippen LogP contribution in [0.25, 0.3) is 0 Å². The molecular formula is C31H30Cl2N2O2. The Kier molecular flexibility index (Phi) is 6.68. The number of ketones is 1. The number of carbonyl (C=O) groups is 2. The highest BCUT2D eigenvalue weighted by atomic mass is 35.5. The van der Waals surface area contributed by atoms with Gasteiger partial charge in [-0.1, -0.05) is 86.4 Å². The van der Waals surface area contributed by atoms with Crippen LogP contribution in [0.2, 0.25) is 10.0 Å². The number of para-hydroxylation sites is 2. The lowest BCUT2D eigenvalue weighted by Gasteiger charge is -2.35. The molecule has 6 heteroatoms. The van der Waals surface area contributed by atoms with Crippen molar-refractivity contribution in [3.8, 4) is 0 Å². The second-order valence-electron chi connectivity index (χ2n) is 10.9. The number of nitrogens with one attached hydrogen (secondary N) is 1. The Bertz CT molecular complexity index is 1420. The van der Waals surface area contributed by atoms with Crippen molar-refractivity contribution in [3.63, 3.8) is 0 Å². The van der Waals surface area contributed by atoms with Crippen molar-refractivity contribution in [2.24, 2.45) is 0 Å². The van der Waals surface area contributed by atoms with E-state index in [1.165, 1.54) is 12.5 Å². The highest BCUT2D eigenvalue weighted by Gasteiger charge is 2.41. The van der Waals surface area contributed by atoms with Crippen LogP contribution in [-0.2, 0) is 15.0 Å². The van der Waals surface area contributed by atoms with Crippen molar-refractivity contribution in [2.75, 3.05) is 10.2 Å². The molecule has 3 aromatic carbocycles. The number of hydrogen-bond acceptors (Lipinski definition) is 3. The Morgan fingerprint density at radius 2 is 1.68 bits per heavy atom. The maximum atomic E-state index is 14.0. The zero-order valence-electron chi connectivity index (χ0n) is 21.4. The van der Waals surface area contributed by atoms with Gasteiger partial charge < -0.3 is 5.32 Å². The van der Waals surface area contributed by atoms with Gasteiger partial charge in [-0.25, -0.2) is 0 Å². The first-order valence-corrected chi connectivity index (χ1v) is 13.3.